The van der Waals surface area contributed by atoms with Crippen LogP contribution in [0, 0.1) is 0 Å². The summed E-state index contributed by atoms with van der Waals surface area (Å²) in [7, 11) is 0. The molecule has 0 aliphatic heterocycles. The third-order valence-corrected chi connectivity index (χ3v) is 4.62. The van der Waals surface area contributed by atoms with Crippen LogP contribution in [0.5, 0.6) is 0 Å². The number of carbonyl (C=O) groups is 2. The smallest absolute Gasteiger partial charge is 0.243 e. The van der Waals surface area contributed by atoms with E-state index in [1.165, 1.54) is 0 Å². The minimum atomic E-state index is -0.286. The molecule has 0 unspecified atom stereocenters. The van der Waals surface area contributed by atoms with Crippen molar-refractivity contribution in [2.24, 2.45) is 0 Å². The molecule has 142 valence electrons. The molecule has 2 N–H and O–H groups in total. The number of rotatable bonds is 7. The Hall–Kier alpha value is -3.11. The fraction of sp³-hybridized carbons (Fsp3) is 0.130. The van der Waals surface area contributed by atoms with E-state index < -0.39 is 0 Å². The first-order valence-electron chi connectivity index (χ1n) is 9.04. The van der Waals surface area contributed by atoms with Gasteiger partial charge in [0, 0.05) is 23.0 Å². The molecule has 0 radical (unpaired) electrons. The second kappa shape index (κ2) is 9.72. The summed E-state index contributed by atoms with van der Waals surface area (Å²) in [4.78, 5) is 24.6. The van der Waals surface area contributed by atoms with Crippen molar-refractivity contribution < 1.29 is 9.59 Å². The Balaban J connectivity index is 1.59. The van der Waals surface area contributed by atoms with E-state index in [1.54, 1.807) is 24.3 Å². The molecule has 0 aliphatic rings. The summed E-state index contributed by atoms with van der Waals surface area (Å²) in [5, 5.41) is 6.03. The van der Waals surface area contributed by atoms with E-state index >= 15 is 0 Å². The van der Waals surface area contributed by atoms with Crippen molar-refractivity contribution in [2.45, 2.75) is 12.3 Å². The summed E-state index contributed by atoms with van der Waals surface area (Å²) >= 11 is 5.83. The lowest BCUT2D eigenvalue weighted by atomic mass is 9.88. The van der Waals surface area contributed by atoms with Crippen LogP contribution in [0.1, 0.15) is 23.5 Å². The summed E-state index contributed by atoms with van der Waals surface area (Å²) < 4.78 is 0. The average Bonchev–Trinajstić information content (AvgIpc) is 2.73. The molecule has 0 aliphatic carbocycles. The first kappa shape index (κ1) is 19.6. The van der Waals surface area contributed by atoms with Gasteiger partial charge in [0.05, 0.1) is 6.54 Å². The van der Waals surface area contributed by atoms with Crippen molar-refractivity contribution in [3.8, 4) is 0 Å². The summed E-state index contributed by atoms with van der Waals surface area (Å²) in [6, 6.07) is 26.6. The molecule has 2 amide bonds. The molecule has 0 heterocycles. The van der Waals surface area contributed by atoms with Crippen molar-refractivity contribution in [3.05, 3.63) is 101 Å². The molecule has 5 heteroatoms. The molecule has 3 aromatic rings. The fourth-order valence-corrected chi connectivity index (χ4v) is 3.10. The number of hydrogen-bond acceptors (Lipinski definition) is 2. The Bertz CT molecular complexity index is 873. The molecule has 3 rings (SSSR count). The Morgan fingerprint density at radius 3 is 1.82 bits per heavy atom. The molecular weight excluding hydrogens is 372 g/mol. The van der Waals surface area contributed by atoms with E-state index in [9.17, 15) is 9.59 Å². The zero-order chi connectivity index (χ0) is 19.8. The molecule has 0 atom stereocenters. The van der Waals surface area contributed by atoms with E-state index in [2.05, 4.69) is 10.6 Å². The zero-order valence-electron chi connectivity index (χ0n) is 15.3. The molecule has 0 saturated carbocycles. The van der Waals surface area contributed by atoms with Gasteiger partial charge in [0.15, 0.2) is 0 Å². The fourth-order valence-electron chi connectivity index (χ4n) is 2.97. The monoisotopic (exact) mass is 392 g/mol. The summed E-state index contributed by atoms with van der Waals surface area (Å²) in [5.74, 6) is -0.530. The van der Waals surface area contributed by atoms with Gasteiger partial charge in [0.1, 0.15) is 0 Å². The normalized spacial score (nSPS) is 10.5. The van der Waals surface area contributed by atoms with Crippen LogP contribution in [-0.4, -0.2) is 18.4 Å². The molecule has 0 saturated heterocycles. The van der Waals surface area contributed by atoms with Gasteiger partial charge in [-0.05, 0) is 35.4 Å². The predicted molar refractivity (Wildman–Crippen MR) is 112 cm³/mol. The van der Waals surface area contributed by atoms with E-state index in [1.807, 2.05) is 60.7 Å². The Labute approximate surface area is 169 Å². The lowest BCUT2D eigenvalue weighted by Gasteiger charge is -2.18. The molecule has 0 spiro atoms. The number of carbonyl (C=O) groups excluding carboxylic acids is 2. The third kappa shape index (κ3) is 5.69. The van der Waals surface area contributed by atoms with Gasteiger partial charge in [-0.2, -0.15) is 0 Å². The van der Waals surface area contributed by atoms with Crippen molar-refractivity contribution in [1.82, 2.24) is 5.32 Å². The second-order valence-electron chi connectivity index (χ2n) is 6.41. The van der Waals surface area contributed by atoms with Gasteiger partial charge in [-0.3, -0.25) is 9.59 Å². The maximum absolute atomic E-state index is 12.5. The van der Waals surface area contributed by atoms with Crippen molar-refractivity contribution in [1.29, 1.82) is 0 Å². The SMILES string of the molecule is O=C(CC(c1ccccc1)c1ccccc1)NCC(=O)Nc1ccc(Cl)cc1. The highest BCUT2D eigenvalue weighted by atomic mass is 35.5. The van der Waals surface area contributed by atoms with Gasteiger partial charge in [-0.25, -0.2) is 0 Å². The number of halogens is 1. The standard InChI is InChI=1S/C23H21ClN2O2/c24-19-11-13-20(14-12-19)26-23(28)16-25-22(27)15-21(17-7-3-1-4-8-17)18-9-5-2-6-10-18/h1-14,21H,15-16H2,(H,25,27)(H,26,28). The third-order valence-electron chi connectivity index (χ3n) is 4.37. The summed E-state index contributed by atoms with van der Waals surface area (Å²) in [6.45, 7) is -0.0856. The Kier molecular flexibility index (Phi) is 6.82. The Morgan fingerprint density at radius 1 is 0.750 bits per heavy atom. The van der Waals surface area contributed by atoms with Gasteiger partial charge in [0.25, 0.3) is 0 Å². The molecule has 0 aromatic heterocycles. The number of anilines is 1. The molecular formula is C23H21ClN2O2. The summed E-state index contributed by atoms with van der Waals surface area (Å²) in [5.41, 5.74) is 2.76. The Morgan fingerprint density at radius 2 is 1.29 bits per heavy atom. The molecule has 0 bridgehead atoms. The van der Waals surface area contributed by atoms with Crippen LogP contribution in [0.3, 0.4) is 0 Å². The van der Waals surface area contributed by atoms with Crippen molar-refractivity contribution in [2.75, 3.05) is 11.9 Å². The average molecular weight is 393 g/mol. The van der Waals surface area contributed by atoms with E-state index in [0.717, 1.165) is 11.1 Å². The maximum Gasteiger partial charge on any atom is 0.243 e. The lowest BCUT2D eigenvalue weighted by molar-refractivity contribution is -0.124. The van der Waals surface area contributed by atoms with Crippen LogP contribution in [0.2, 0.25) is 5.02 Å². The highest BCUT2D eigenvalue weighted by Crippen LogP contribution is 2.27. The minimum absolute atomic E-state index is 0.0678. The molecule has 28 heavy (non-hydrogen) atoms. The predicted octanol–water partition coefficient (Wildman–Crippen LogP) is 4.62. The lowest BCUT2D eigenvalue weighted by Crippen LogP contribution is -2.33. The van der Waals surface area contributed by atoms with Gasteiger partial charge < -0.3 is 10.6 Å². The zero-order valence-corrected chi connectivity index (χ0v) is 16.0. The van der Waals surface area contributed by atoms with Gasteiger partial charge in [-0.1, -0.05) is 72.3 Å². The molecule has 3 aromatic carbocycles. The van der Waals surface area contributed by atoms with Crippen LogP contribution in [-0.2, 0) is 9.59 Å². The minimum Gasteiger partial charge on any atom is -0.347 e. The van der Waals surface area contributed by atoms with Crippen LogP contribution >= 0.6 is 11.6 Å². The van der Waals surface area contributed by atoms with Gasteiger partial charge >= 0.3 is 0 Å². The van der Waals surface area contributed by atoms with Crippen molar-refractivity contribution in [3.63, 3.8) is 0 Å². The maximum atomic E-state index is 12.5. The van der Waals surface area contributed by atoms with Crippen LogP contribution in [0.25, 0.3) is 0 Å². The number of benzene rings is 3. The van der Waals surface area contributed by atoms with Crippen molar-refractivity contribution >= 4 is 29.1 Å². The largest absolute Gasteiger partial charge is 0.347 e. The van der Waals surface area contributed by atoms with E-state index in [4.69, 9.17) is 11.6 Å². The molecule has 0 fully saturated rings. The first-order chi connectivity index (χ1) is 13.6. The first-order valence-corrected chi connectivity index (χ1v) is 9.41. The van der Waals surface area contributed by atoms with Gasteiger partial charge in [0.2, 0.25) is 11.8 Å². The van der Waals surface area contributed by atoms with E-state index in [0.29, 0.717) is 10.7 Å². The topological polar surface area (TPSA) is 58.2 Å². The van der Waals surface area contributed by atoms with Crippen LogP contribution in [0.4, 0.5) is 5.69 Å². The van der Waals surface area contributed by atoms with Crippen LogP contribution in [0.15, 0.2) is 84.9 Å². The number of nitrogens with one attached hydrogen (secondary N) is 2. The highest BCUT2D eigenvalue weighted by Gasteiger charge is 2.18. The summed E-state index contributed by atoms with van der Waals surface area (Å²) in [6.07, 6.45) is 0.266. The van der Waals surface area contributed by atoms with Crippen LogP contribution < -0.4 is 10.6 Å². The van der Waals surface area contributed by atoms with E-state index in [-0.39, 0.29) is 30.7 Å². The quantitative estimate of drug-likeness (QED) is 0.616. The molecule has 4 nitrogen and oxygen atoms in total. The highest BCUT2D eigenvalue weighted by molar-refractivity contribution is 6.30. The van der Waals surface area contributed by atoms with Gasteiger partial charge in [-0.15, -0.1) is 0 Å². The number of hydrogen-bond donors (Lipinski definition) is 2. The number of amides is 2. The second-order valence-corrected chi connectivity index (χ2v) is 6.85.